The molecule has 3 aromatic rings. The first kappa shape index (κ1) is 14.6. The normalized spacial score (nSPS) is 11.2. The topological polar surface area (TPSA) is 25.8 Å². The Kier molecular flexibility index (Phi) is 3.44. The van der Waals surface area contributed by atoms with Crippen LogP contribution in [0.3, 0.4) is 0 Å². The molecule has 0 aliphatic carbocycles. The van der Waals surface area contributed by atoms with E-state index in [2.05, 4.69) is 9.97 Å². The van der Waals surface area contributed by atoms with Crippen molar-refractivity contribution in [2.75, 3.05) is 0 Å². The average molecular weight is 331 g/mol. The molecule has 0 N–H and O–H groups in total. The third-order valence-electron chi connectivity index (χ3n) is 3.02. The maximum absolute atomic E-state index is 13.9. The van der Waals surface area contributed by atoms with Gasteiger partial charge in [0.15, 0.2) is 23.3 Å². The zero-order valence-electron chi connectivity index (χ0n) is 10.5. The van der Waals surface area contributed by atoms with Gasteiger partial charge in [0.05, 0.1) is 16.8 Å². The molecule has 0 spiro atoms. The first-order valence-electron chi connectivity index (χ1n) is 5.86. The summed E-state index contributed by atoms with van der Waals surface area (Å²) in [5.41, 5.74) is -1.40. The second-order valence-corrected chi connectivity index (χ2v) is 4.64. The first-order valence-corrected chi connectivity index (χ1v) is 6.23. The number of para-hydroxylation sites is 1. The molecular weight excluding hydrogens is 327 g/mol. The van der Waals surface area contributed by atoms with Gasteiger partial charge in [-0.1, -0.05) is 18.2 Å². The predicted octanol–water partition coefficient (Wildman–Crippen LogP) is 4.65. The van der Waals surface area contributed by atoms with Crippen LogP contribution < -0.4 is 0 Å². The molecule has 0 radical (unpaired) electrons. The van der Waals surface area contributed by atoms with Gasteiger partial charge in [0.1, 0.15) is 0 Å². The van der Waals surface area contributed by atoms with Crippen LogP contribution in [0.2, 0.25) is 5.28 Å². The molecule has 0 amide bonds. The minimum atomic E-state index is -2.23. The van der Waals surface area contributed by atoms with Gasteiger partial charge in [0.25, 0.3) is 0 Å². The van der Waals surface area contributed by atoms with Gasteiger partial charge in [-0.3, -0.25) is 0 Å². The molecule has 0 bridgehead atoms. The zero-order chi connectivity index (χ0) is 16.0. The van der Waals surface area contributed by atoms with Crippen LogP contribution in [0.1, 0.15) is 0 Å². The maximum Gasteiger partial charge on any atom is 0.223 e. The van der Waals surface area contributed by atoms with E-state index < -0.39 is 40.3 Å². The van der Waals surface area contributed by atoms with E-state index in [1.807, 2.05) is 0 Å². The number of fused-ring (bicyclic) bond motifs is 1. The van der Waals surface area contributed by atoms with Crippen LogP contribution in [-0.4, -0.2) is 9.97 Å². The zero-order valence-corrected chi connectivity index (χ0v) is 11.2. The van der Waals surface area contributed by atoms with Crippen molar-refractivity contribution in [1.82, 2.24) is 9.97 Å². The Bertz CT molecular complexity index is 884. The van der Waals surface area contributed by atoms with E-state index >= 15 is 0 Å². The molecule has 1 heterocycles. The maximum atomic E-state index is 13.9. The highest BCUT2D eigenvalue weighted by Gasteiger charge is 2.28. The summed E-state index contributed by atoms with van der Waals surface area (Å²) < 4.78 is 67.7. The third-order valence-corrected chi connectivity index (χ3v) is 3.19. The standard InChI is InChI=1S/C14H4ClF5N2/c15-14-21-6-4-2-1-3-5(6)13(22-14)7-8(16)10(18)12(20)11(19)9(7)17/h1-4H. The summed E-state index contributed by atoms with van der Waals surface area (Å²) in [5, 5.41) is -0.271. The number of aromatic nitrogens is 2. The average Bonchev–Trinajstić information content (AvgIpc) is 2.51. The Morgan fingerprint density at radius 2 is 1.27 bits per heavy atom. The van der Waals surface area contributed by atoms with Crippen LogP contribution in [0.25, 0.3) is 22.2 Å². The molecule has 8 heteroatoms. The summed E-state index contributed by atoms with van der Waals surface area (Å²) in [4.78, 5) is 7.46. The first-order chi connectivity index (χ1) is 10.4. The quantitative estimate of drug-likeness (QED) is 0.281. The highest BCUT2D eigenvalue weighted by atomic mass is 35.5. The molecule has 0 aliphatic heterocycles. The van der Waals surface area contributed by atoms with Crippen molar-refractivity contribution >= 4 is 22.5 Å². The minimum Gasteiger partial charge on any atom is -0.218 e. The second-order valence-electron chi connectivity index (χ2n) is 4.30. The van der Waals surface area contributed by atoms with E-state index in [-0.39, 0.29) is 16.2 Å². The summed E-state index contributed by atoms with van der Waals surface area (Å²) in [7, 11) is 0. The number of hydrogen-bond donors (Lipinski definition) is 0. The summed E-state index contributed by atoms with van der Waals surface area (Å²) in [5.74, 6) is -10.3. The lowest BCUT2D eigenvalue weighted by Crippen LogP contribution is -2.05. The Morgan fingerprint density at radius 3 is 1.91 bits per heavy atom. The fourth-order valence-corrected chi connectivity index (χ4v) is 2.23. The van der Waals surface area contributed by atoms with Crippen LogP contribution in [0.5, 0.6) is 0 Å². The number of nitrogens with zero attached hydrogens (tertiary/aromatic N) is 2. The van der Waals surface area contributed by atoms with Crippen LogP contribution in [0.15, 0.2) is 24.3 Å². The Hall–Kier alpha value is -2.28. The summed E-state index contributed by atoms with van der Waals surface area (Å²) in [6.07, 6.45) is 0. The smallest absolute Gasteiger partial charge is 0.218 e. The fourth-order valence-electron chi connectivity index (χ4n) is 2.05. The van der Waals surface area contributed by atoms with Crippen molar-refractivity contribution in [1.29, 1.82) is 0 Å². The Balaban J connectivity index is 2.48. The van der Waals surface area contributed by atoms with Gasteiger partial charge in [-0.05, 0) is 17.7 Å². The van der Waals surface area contributed by atoms with E-state index in [0.717, 1.165) is 0 Å². The Labute approximate surface area is 125 Å². The highest BCUT2D eigenvalue weighted by Crippen LogP contribution is 2.34. The molecule has 2 aromatic carbocycles. The van der Waals surface area contributed by atoms with Gasteiger partial charge in [0.2, 0.25) is 11.1 Å². The molecule has 22 heavy (non-hydrogen) atoms. The molecule has 3 rings (SSSR count). The number of benzene rings is 2. The van der Waals surface area contributed by atoms with Crippen LogP contribution in [-0.2, 0) is 0 Å². The van der Waals surface area contributed by atoms with Crippen molar-refractivity contribution in [3.8, 4) is 11.3 Å². The highest BCUT2D eigenvalue weighted by molar-refractivity contribution is 6.28. The van der Waals surface area contributed by atoms with Gasteiger partial charge >= 0.3 is 0 Å². The van der Waals surface area contributed by atoms with Gasteiger partial charge in [-0.25, -0.2) is 31.9 Å². The van der Waals surface area contributed by atoms with Crippen molar-refractivity contribution in [3.05, 3.63) is 58.6 Å². The predicted molar refractivity (Wildman–Crippen MR) is 69.8 cm³/mol. The third kappa shape index (κ3) is 2.09. The van der Waals surface area contributed by atoms with Crippen LogP contribution in [0.4, 0.5) is 22.0 Å². The van der Waals surface area contributed by atoms with E-state index in [4.69, 9.17) is 11.6 Å². The van der Waals surface area contributed by atoms with Crippen molar-refractivity contribution in [3.63, 3.8) is 0 Å². The van der Waals surface area contributed by atoms with Crippen molar-refractivity contribution in [2.45, 2.75) is 0 Å². The van der Waals surface area contributed by atoms with Gasteiger partial charge in [-0.15, -0.1) is 0 Å². The molecule has 2 nitrogen and oxygen atoms in total. The lowest BCUT2D eigenvalue weighted by Gasteiger charge is -2.10. The van der Waals surface area contributed by atoms with E-state index in [1.54, 1.807) is 6.07 Å². The van der Waals surface area contributed by atoms with Crippen LogP contribution >= 0.6 is 11.6 Å². The number of rotatable bonds is 1. The molecule has 112 valence electrons. The summed E-state index contributed by atoms with van der Waals surface area (Å²) in [6.45, 7) is 0. The van der Waals surface area contributed by atoms with E-state index in [1.165, 1.54) is 18.2 Å². The molecule has 0 aliphatic rings. The summed E-state index contributed by atoms with van der Waals surface area (Å²) >= 11 is 5.66. The van der Waals surface area contributed by atoms with Gasteiger partial charge in [-0.2, -0.15) is 0 Å². The van der Waals surface area contributed by atoms with Gasteiger partial charge in [0, 0.05) is 5.39 Å². The fraction of sp³-hybridized carbons (Fsp3) is 0. The second kappa shape index (κ2) is 5.17. The number of hydrogen-bond acceptors (Lipinski definition) is 2. The monoisotopic (exact) mass is 330 g/mol. The van der Waals surface area contributed by atoms with Gasteiger partial charge < -0.3 is 0 Å². The lowest BCUT2D eigenvalue weighted by molar-refractivity contribution is 0.381. The largest absolute Gasteiger partial charge is 0.223 e. The van der Waals surface area contributed by atoms with E-state index in [0.29, 0.717) is 0 Å². The SMILES string of the molecule is Fc1c(F)c(F)c(-c2nc(Cl)nc3ccccc23)c(F)c1F. The number of halogens is 6. The molecule has 0 unspecified atom stereocenters. The van der Waals surface area contributed by atoms with E-state index in [9.17, 15) is 22.0 Å². The van der Waals surface area contributed by atoms with Crippen molar-refractivity contribution < 1.29 is 22.0 Å². The molecule has 1 aromatic heterocycles. The minimum absolute atomic E-state index is 0.107. The molecular formula is C14H4ClF5N2. The Morgan fingerprint density at radius 1 is 0.727 bits per heavy atom. The molecule has 0 saturated carbocycles. The van der Waals surface area contributed by atoms with Crippen molar-refractivity contribution in [2.24, 2.45) is 0 Å². The lowest BCUT2D eigenvalue weighted by atomic mass is 10.0. The summed E-state index contributed by atoms with van der Waals surface area (Å²) in [6, 6.07) is 5.95. The molecule has 0 fully saturated rings. The molecule has 0 saturated heterocycles. The van der Waals surface area contributed by atoms with Crippen LogP contribution in [0, 0.1) is 29.1 Å². The molecule has 0 atom stereocenters.